The number of rotatable bonds is 7. The summed E-state index contributed by atoms with van der Waals surface area (Å²) in [6.45, 7) is 5.11. The van der Waals surface area contributed by atoms with Crippen molar-refractivity contribution in [3.63, 3.8) is 0 Å². The molecule has 1 aliphatic heterocycles. The van der Waals surface area contributed by atoms with E-state index in [0.29, 0.717) is 12.6 Å². The molecule has 2 aliphatic rings. The Hall–Kier alpha value is -2.34. The van der Waals surface area contributed by atoms with Gasteiger partial charge in [0.2, 0.25) is 0 Å². The molecule has 29 heavy (non-hydrogen) atoms. The van der Waals surface area contributed by atoms with E-state index < -0.39 is 0 Å². The zero-order chi connectivity index (χ0) is 19.9. The second-order valence-electron chi connectivity index (χ2n) is 8.42. The van der Waals surface area contributed by atoms with Gasteiger partial charge in [-0.25, -0.2) is 4.98 Å². The van der Waals surface area contributed by atoms with Gasteiger partial charge in [0, 0.05) is 51.7 Å². The van der Waals surface area contributed by atoms with E-state index >= 15 is 0 Å². The van der Waals surface area contributed by atoms with Gasteiger partial charge in [0.15, 0.2) is 5.96 Å². The summed E-state index contributed by atoms with van der Waals surface area (Å²) >= 11 is 0. The zero-order valence-corrected chi connectivity index (χ0v) is 17.6. The predicted molar refractivity (Wildman–Crippen MR) is 118 cm³/mol. The van der Waals surface area contributed by atoms with Crippen LogP contribution >= 0.6 is 0 Å². The second kappa shape index (κ2) is 9.92. The summed E-state index contributed by atoms with van der Waals surface area (Å²) < 4.78 is 2.19. The van der Waals surface area contributed by atoms with Gasteiger partial charge < -0.3 is 20.1 Å². The molecular weight excluding hydrogens is 360 g/mol. The van der Waals surface area contributed by atoms with Crippen LogP contribution in [-0.4, -0.2) is 53.1 Å². The van der Waals surface area contributed by atoms with Crippen molar-refractivity contribution in [1.29, 1.82) is 0 Å². The van der Waals surface area contributed by atoms with Gasteiger partial charge in [0.05, 0.1) is 6.54 Å². The molecule has 0 bridgehead atoms. The lowest BCUT2D eigenvalue weighted by atomic mass is 10.1. The Morgan fingerprint density at radius 3 is 2.79 bits per heavy atom. The number of hydrogen-bond acceptors (Lipinski definition) is 3. The molecule has 1 saturated heterocycles. The number of imidazole rings is 1. The van der Waals surface area contributed by atoms with Gasteiger partial charge in [0.1, 0.15) is 5.82 Å². The first-order valence-electron chi connectivity index (χ1n) is 11.0. The van der Waals surface area contributed by atoms with Gasteiger partial charge in [0.25, 0.3) is 0 Å². The molecule has 1 atom stereocenters. The minimum atomic E-state index is 0.478. The molecule has 0 amide bonds. The van der Waals surface area contributed by atoms with E-state index in [2.05, 4.69) is 54.3 Å². The Labute approximate surface area is 174 Å². The normalized spacial score (nSPS) is 21.0. The van der Waals surface area contributed by atoms with Gasteiger partial charge in [-0.3, -0.25) is 4.99 Å². The highest BCUT2D eigenvalue weighted by Crippen LogP contribution is 2.26. The molecule has 1 aromatic heterocycles. The fourth-order valence-electron chi connectivity index (χ4n) is 4.66. The summed E-state index contributed by atoms with van der Waals surface area (Å²) in [6.07, 6.45) is 10.8. The van der Waals surface area contributed by atoms with Crippen LogP contribution < -0.4 is 10.6 Å². The maximum absolute atomic E-state index is 4.53. The van der Waals surface area contributed by atoms with Crippen LogP contribution in [0.4, 0.5) is 0 Å². The quantitative estimate of drug-likeness (QED) is 0.560. The molecule has 2 heterocycles. The Bertz CT molecular complexity index is 778. The third kappa shape index (κ3) is 5.60. The number of nitrogens with one attached hydrogen (secondary N) is 2. The van der Waals surface area contributed by atoms with Gasteiger partial charge in [-0.1, -0.05) is 43.2 Å². The van der Waals surface area contributed by atoms with Gasteiger partial charge in [-0.05, 0) is 30.7 Å². The number of benzene rings is 1. The van der Waals surface area contributed by atoms with Crippen molar-refractivity contribution in [2.24, 2.45) is 10.9 Å². The first-order chi connectivity index (χ1) is 14.3. The summed E-state index contributed by atoms with van der Waals surface area (Å²) in [5, 5.41) is 7.06. The van der Waals surface area contributed by atoms with Crippen LogP contribution in [-0.2, 0) is 13.1 Å². The molecule has 2 fully saturated rings. The van der Waals surface area contributed by atoms with Crippen molar-refractivity contribution in [2.75, 3.05) is 26.7 Å². The van der Waals surface area contributed by atoms with Crippen molar-refractivity contribution in [2.45, 2.75) is 51.2 Å². The van der Waals surface area contributed by atoms with Crippen molar-refractivity contribution >= 4 is 5.96 Å². The molecule has 156 valence electrons. The largest absolute Gasteiger partial charge is 0.352 e. The molecule has 0 spiro atoms. The summed E-state index contributed by atoms with van der Waals surface area (Å²) in [5.74, 6) is 2.81. The monoisotopic (exact) mass is 394 g/mol. The highest BCUT2D eigenvalue weighted by atomic mass is 15.2. The van der Waals surface area contributed by atoms with Crippen LogP contribution in [0.3, 0.4) is 0 Å². The van der Waals surface area contributed by atoms with E-state index in [1.165, 1.54) is 50.8 Å². The average Bonchev–Trinajstić information content (AvgIpc) is 3.50. The minimum Gasteiger partial charge on any atom is -0.352 e. The van der Waals surface area contributed by atoms with Gasteiger partial charge >= 0.3 is 0 Å². The number of guanidine groups is 1. The van der Waals surface area contributed by atoms with Crippen molar-refractivity contribution < 1.29 is 0 Å². The van der Waals surface area contributed by atoms with Crippen LogP contribution in [0.5, 0.6) is 0 Å². The summed E-state index contributed by atoms with van der Waals surface area (Å²) in [5.41, 5.74) is 1.28. The predicted octanol–water partition coefficient (Wildman–Crippen LogP) is 2.86. The summed E-state index contributed by atoms with van der Waals surface area (Å²) in [6, 6.07) is 11.0. The van der Waals surface area contributed by atoms with Gasteiger partial charge in [-0.2, -0.15) is 0 Å². The fraction of sp³-hybridized carbons (Fsp3) is 0.565. The molecule has 6 nitrogen and oxygen atoms in total. The first kappa shape index (κ1) is 20.0. The Balaban J connectivity index is 1.25. The highest BCUT2D eigenvalue weighted by molar-refractivity contribution is 5.79. The molecule has 1 aromatic carbocycles. The van der Waals surface area contributed by atoms with Crippen molar-refractivity contribution in [1.82, 2.24) is 25.1 Å². The lowest BCUT2D eigenvalue weighted by Gasteiger charge is -2.21. The number of hydrogen-bond donors (Lipinski definition) is 2. The standard InChI is InChI=1S/C23H34N6/c1-24-23(27-21-11-13-28(18-21)16-19-9-5-6-10-19)26-15-22-25-12-14-29(22)17-20-7-3-2-4-8-20/h2-4,7-8,12,14,19,21H,5-6,9-11,13,15-18H2,1H3,(H2,24,26,27). The average molecular weight is 395 g/mol. The highest BCUT2D eigenvalue weighted by Gasteiger charge is 2.26. The summed E-state index contributed by atoms with van der Waals surface area (Å²) in [7, 11) is 1.84. The van der Waals surface area contributed by atoms with E-state index in [1.54, 1.807) is 0 Å². The molecular formula is C23H34N6. The van der Waals surface area contributed by atoms with E-state index in [-0.39, 0.29) is 0 Å². The lowest BCUT2D eigenvalue weighted by Crippen LogP contribution is -2.44. The van der Waals surface area contributed by atoms with Crippen LogP contribution in [0, 0.1) is 5.92 Å². The first-order valence-corrected chi connectivity index (χ1v) is 11.0. The fourth-order valence-corrected chi connectivity index (χ4v) is 4.66. The van der Waals surface area contributed by atoms with Crippen molar-refractivity contribution in [3.8, 4) is 0 Å². The molecule has 1 aliphatic carbocycles. The smallest absolute Gasteiger partial charge is 0.191 e. The Morgan fingerprint density at radius 1 is 1.17 bits per heavy atom. The maximum atomic E-state index is 4.53. The number of aliphatic imine (C=N–C) groups is 1. The van der Waals surface area contributed by atoms with E-state index in [1.807, 2.05) is 25.5 Å². The molecule has 1 saturated carbocycles. The molecule has 0 radical (unpaired) electrons. The molecule has 6 heteroatoms. The lowest BCUT2D eigenvalue weighted by molar-refractivity contribution is 0.275. The van der Waals surface area contributed by atoms with E-state index in [0.717, 1.165) is 30.8 Å². The SMILES string of the molecule is CN=C(NCc1nccn1Cc1ccccc1)NC1CCN(CC2CCCC2)C1. The maximum Gasteiger partial charge on any atom is 0.191 e. The Morgan fingerprint density at radius 2 is 2.00 bits per heavy atom. The molecule has 1 unspecified atom stereocenters. The number of likely N-dealkylation sites (tertiary alicyclic amines) is 1. The Kier molecular flexibility index (Phi) is 6.83. The van der Waals surface area contributed by atoms with Crippen LogP contribution in [0.2, 0.25) is 0 Å². The van der Waals surface area contributed by atoms with Crippen LogP contribution in [0.1, 0.15) is 43.5 Å². The summed E-state index contributed by atoms with van der Waals surface area (Å²) in [4.78, 5) is 11.6. The zero-order valence-electron chi connectivity index (χ0n) is 17.6. The van der Waals surface area contributed by atoms with Gasteiger partial charge in [-0.15, -0.1) is 0 Å². The van der Waals surface area contributed by atoms with E-state index in [9.17, 15) is 0 Å². The molecule has 2 aromatic rings. The molecule has 2 N–H and O–H groups in total. The van der Waals surface area contributed by atoms with Crippen LogP contribution in [0.25, 0.3) is 0 Å². The van der Waals surface area contributed by atoms with Crippen LogP contribution in [0.15, 0.2) is 47.7 Å². The topological polar surface area (TPSA) is 57.5 Å². The van der Waals surface area contributed by atoms with Crippen molar-refractivity contribution in [3.05, 3.63) is 54.1 Å². The van der Waals surface area contributed by atoms with E-state index in [4.69, 9.17) is 0 Å². The number of nitrogens with zero attached hydrogens (tertiary/aromatic N) is 4. The second-order valence-corrected chi connectivity index (χ2v) is 8.42. The minimum absolute atomic E-state index is 0.478. The third-order valence-corrected chi connectivity index (χ3v) is 6.24. The molecule has 4 rings (SSSR count). The number of aromatic nitrogens is 2. The third-order valence-electron chi connectivity index (χ3n) is 6.24.